The molecular weight excluding hydrogens is 652 g/mol. The number of aromatic nitrogens is 1. The third-order valence-corrected chi connectivity index (χ3v) is 10.7. The minimum Gasteiger partial charge on any atom is -0.496 e. The summed E-state index contributed by atoms with van der Waals surface area (Å²) in [5.41, 5.74) is -0.636. The second-order valence-electron chi connectivity index (χ2n) is 11.6. The summed E-state index contributed by atoms with van der Waals surface area (Å²) in [4.78, 5) is 37.0. The summed E-state index contributed by atoms with van der Waals surface area (Å²) >= 11 is 6.51. The fourth-order valence-electron chi connectivity index (χ4n) is 6.43. The van der Waals surface area contributed by atoms with E-state index in [0.717, 1.165) is 12.1 Å². The Morgan fingerprint density at radius 2 is 1.60 bits per heavy atom. The lowest BCUT2D eigenvalue weighted by atomic mass is 9.86. The number of carbonyl (C=O) groups is 2. The number of ether oxygens (including phenoxy) is 2. The fraction of sp³-hybridized carbons (Fsp3) is 0.194. The molecule has 2 aliphatic rings. The van der Waals surface area contributed by atoms with Crippen molar-refractivity contribution in [1.82, 2.24) is 14.8 Å². The zero-order chi connectivity index (χ0) is 33.5. The Balaban J connectivity index is 1.31. The van der Waals surface area contributed by atoms with E-state index in [0.29, 0.717) is 35.9 Å². The summed E-state index contributed by atoms with van der Waals surface area (Å²) in [6.07, 6.45) is 0.715. The van der Waals surface area contributed by atoms with Gasteiger partial charge in [-0.3, -0.25) is 14.7 Å². The van der Waals surface area contributed by atoms with E-state index in [1.807, 2.05) is 18.2 Å². The number of rotatable bonds is 7. The largest absolute Gasteiger partial charge is 0.496 e. The van der Waals surface area contributed by atoms with Crippen LogP contribution in [0.25, 0.3) is 10.9 Å². The van der Waals surface area contributed by atoms with Gasteiger partial charge in [-0.15, -0.1) is 0 Å². The van der Waals surface area contributed by atoms with Gasteiger partial charge in [-0.05, 0) is 42.0 Å². The number of sulfonamides is 1. The Morgan fingerprint density at radius 3 is 2.38 bits per heavy atom. The van der Waals surface area contributed by atoms with Gasteiger partial charge in [0.1, 0.15) is 10.6 Å². The normalized spacial score (nSPS) is 18.2. The van der Waals surface area contributed by atoms with E-state index < -0.39 is 27.6 Å². The molecule has 3 heterocycles. The first-order valence-corrected chi connectivity index (χ1v) is 17.2. The van der Waals surface area contributed by atoms with Crippen molar-refractivity contribution in [2.24, 2.45) is 0 Å². The van der Waals surface area contributed by atoms with Crippen LogP contribution in [0, 0.1) is 0 Å². The van der Waals surface area contributed by atoms with Gasteiger partial charge < -0.3 is 14.4 Å². The highest BCUT2D eigenvalue weighted by molar-refractivity contribution is 7.93. The highest BCUT2D eigenvalue weighted by Crippen LogP contribution is 2.52. The Labute approximate surface area is 283 Å². The van der Waals surface area contributed by atoms with Gasteiger partial charge in [0.2, 0.25) is 5.60 Å². The van der Waals surface area contributed by atoms with Crippen LogP contribution in [-0.2, 0) is 31.7 Å². The molecule has 0 N–H and O–H groups in total. The molecule has 48 heavy (non-hydrogen) atoms. The van der Waals surface area contributed by atoms with Crippen LogP contribution < -0.4 is 9.04 Å². The maximum Gasteiger partial charge on any atom is 0.411 e. The minimum atomic E-state index is -4.61. The molecule has 10 nitrogen and oxygen atoms in total. The molecule has 0 bridgehead atoms. The quantitative estimate of drug-likeness (QED) is 0.211. The summed E-state index contributed by atoms with van der Waals surface area (Å²) in [7, 11) is -3.19. The molecule has 4 aromatic carbocycles. The fourth-order valence-corrected chi connectivity index (χ4v) is 8.23. The number of hydrogen-bond donors (Lipinski definition) is 0. The van der Waals surface area contributed by atoms with Gasteiger partial charge in [-0.2, -0.15) is 4.31 Å². The molecule has 5 aromatic rings. The van der Waals surface area contributed by atoms with Crippen LogP contribution in [0.4, 0.5) is 10.5 Å². The van der Waals surface area contributed by atoms with Crippen molar-refractivity contribution in [3.05, 3.63) is 131 Å². The third kappa shape index (κ3) is 5.33. The second kappa shape index (κ2) is 12.6. The number of piperazine rings is 1. The number of halogens is 1. The van der Waals surface area contributed by atoms with E-state index in [-0.39, 0.29) is 38.0 Å². The zero-order valence-corrected chi connectivity index (χ0v) is 27.5. The number of anilines is 1. The molecule has 244 valence electrons. The summed E-state index contributed by atoms with van der Waals surface area (Å²) in [6, 6.07) is 29.2. The lowest BCUT2D eigenvalue weighted by Gasteiger charge is -2.37. The summed E-state index contributed by atoms with van der Waals surface area (Å²) < 4.78 is 41.9. The summed E-state index contributed by atoms with van der Waals surface area (Å²) in [5, 5.41) is 0.799. The molecule has 0 aliphatic carbocycles. The van der Waals surface area contributed by atoms with Crippen LogP contribution in [0.1, 0.15) is 16.7 Å². The first-order chi connectivity index (χ1) is 23.2. The number of methoxy groups -OCH3 is 1. The molecule has 1 saturated heterocycles. The number of pyridine rings is 1. The van der Waals surface area contributed by atoms with Crippen molar-refractivity contribution in [2.45, 2.75) is 17.0 Å². The minimum absolute atomic E-state index is 0.00345. The van der Waals surface area contributed by atoms with Gasteiger partial charge in [-0.25, -0.2) is 13.2 Å². The first-order valence-electron chi connectivity index (χ1n) is 15.4. The van der Waals surface area contributed by atoms with E-state index in [2.05, 4.69) is 22.0 Å². The number of para-hydroxylation sites is 2. The zero-order valence-electron chi connectivity index (χ0n) is 26.0. The molecule has 0 spiro atoms. The predicted octanol–water partition coefficient (Wildman–Crippen LogP) is 5.83. The van der Waals surface area contributed by atoms with Crippen molar-refractivity contribution >= 4 is 50.2 Å². The number of carbonyl (C=O) groups excluding carboxylic acids is 2. The van der Waals surface area contributed by atoms with Crippen LogP contribution in [-0.4, -0.2) is 68.5 Å². The first kappa shape index (κ1) is 31.6. The Kier molecular flexibility index (Phi) is 8.28. The SMILES string of the molecule is COc1ccccc1C1(OC(=O)N2CCN(Cc3ccccc3)CC2)C(=O)N(S(=O)(=O)c2cccc3cccnc23)c2ccc(Cl)cc21. The molecule has 2 amide bonds. The second-order valence-corrected chi connectivity index (χ2v) is 13.8. The topological polar surface area (TPSA) is 109 Å². The lowest BCUT2D eigenvalue weighted by molar-refractivity contribution is -0.132. The van der Waals surface area contributed by atoms with Crippen LogP contribution in [0.3, 0.4) is 0 Å². The van der Waals surface area contributed by atoms with Crippen LogP contribution in [0.15, 0.2) is 114 Å². The van der Waals surface area contributed by atoms with Gasteiger partial charge in [-0.1, -0.05) is 78.3 Å². The van der Waals surface area contributed by atoms with Gasteiger partial charge in [0.25, 0.3) is 15.9 Å². The molecule has 1 atom stereocenters. The molecule has 0 saturated carbocycles. The molecule has 7 rings (SSSR count). The maximum atomic E-state index is 15.0. The van der Waals surface area contributed by atoms with Crippen molar-refractivity contribution in [1.29, 1.82) is 0 Å². The van der Waals surface area contributed by atoms with Crippen molar-refractivity contribution < 1.29 is 27.5 Å². The average molecular weight is 683 g/mol. The Morgan fingerprint density at radius 1 is 0.875 bits per heavy atom. The van der Waals surface area contributed by atoms with Gasteiger partial charge in [0.05, 0.1) is 23.9 Å². The molecule has 2 aliphatic heterocycles. The van der Waals surface area contributed by atoms with E-state index in [1.54, 1.807) is 48.5 Å². The smallest absolute Gasteiger partial charge is 0.411 e. The maximum absolute atomic E-state index is 15.0. The van der Waals surface area contributed by atoms with Crippen molar-refractivity contribution in [3.63, 3.8) is 0 Å². The Bertz CT molecular complexity index is 2130. The standard InChI is InChI=1S/C36H31ClN4O6S/c1-46-31-14-6-5-13-28(31)36(47-35(43)40-21-19-39(20-22-40)24-25-9-3-2-4-10-25)29-23-27(37)16-17-30(29)41(34(36)42)48(44,45)32-15-7-11-26-12-8-18-38-33(26)32/h2-18,23H,19-22,24H2,1H3. The predicted molar refractivity (Wildman–Crippen MR) is 181 cm³/mol. The molecular formula is C36H31ClN4O6S. The van der Waals surface area contributed by atoms with Crippen molar-refractivity contribution in [2.75, 3.05) is 37.6 Å². The van der Waals surface area contributed by atoms with Gasteiger partial charge in [0, 0.05) is 54.9 Å². The van der Waals surface area contributed by atoms with Gasteiger partial charge in [0.15, 0.2) is 0 Å². The number of fused-ring (bicyclic) bond motifs is 2. The summed E-state index contributed by atoms with van der Waals surface area (Å²) in [6.45, 7) is 2.57. The highest BCUT2D eigenvalue weighted by atomic mass is 35.5. The van der Waals surface area contributed by atoms with E-state index >= 15 is 4.79 Å². The van der Waals surface area contributed by atoms with E-state index in [1.165, 1.54) is 42.5 Å². The van der Waals surface area contributed by atoms with Crippen molar-refractivity contribution in [3.8, 4) is 5.75 Å². The van der Waals surface area contributed by atoms with Crippen LogP contribution in [0.2, 0.25) is 5.02 Å². The van der Waals surface area contributed by atoms with Crippen LogP contribution in [0.5, 0.6) is 5.75 Å². The number of hydrogen-bond acceptors (Lipinski definition) is 8. The average Bonchev–Trinajstić information content (AvgIpc) is 3.36. The van der Waals surface area contributed by atoms with E-state index in [9.17, 15) is 13.2 Å². The van der Waals surface area contributed by atoms with Crippen LogP contribution >= 0.6 is 11.6 Å². The van der Waals surface area contributed by atoms with E-state index in [4.69, 9.17) is 21.1 Å². The lowest BCUT2D eigenvalue weighted by Crippen LogP contribution is -2.52. The molecule has 1 aromatic heterocycles. The third-order valence-electron chi connectivity index (χ3n) is 8.76. The number of nitrogens with zero attached hydrogens (tertiary/aromatic N) is 4. The molecule has 1 fully saturated rings. The number of amides is 2. The molecule has 12 heteroatoms. The highest BCUT2D eigenvalue weighted by Gasteiger charge is 2.61. The Hall–Kier alpha value is -4.97. The summed E-state index contributed by atoms with van der Waals surface area (Å²) in [5.74, 6) is -0.781. The molecule has 1 unspecified atom stereocenters. The molecule has 0 radical (unpaired) electrons. The number of benzene rings is 4. The van der Waals surface area contributed by atoms with Gasteiger partial charge >= 0.3 is 6.09 Å². The monoisotopic (exact) mass is 682 g/mol.